The van der Waals surface area contributed by atoms with Crippen LogP contribution in [0, 0.1) is 0 Å². The molecular formula is C20H18ClF2IN6O2S. The molecule has 1 fully saturated rings. The number of aromatic nitrogens is 3. The molecule has 1 aliphatic rings. The molecule has 2 aromatic heterocycles. The standard InChI is InChI=1S/C20H18ClF2IN6O2S/c1-29(24)14-6-7-30(10-14)17-16(19-26-11-27-33-19)8-12(9-25-17)18(31)28-13-2-4-15(5-3-13)32-20(21,22)23/h2-5,8-9,11,14H,6-7,10H2,1H3,(H,28,31)/t14-/m1/s1. The zero-order valence-electron chi connectivity index (χ0n) is 17.2. The van der Waals surface area contributed by atoms with Crippen LogP contribution in [0.1, 0.15) is 16.8 Å². The van der Waals surface area contributed by atoms with Crippen LogP contribution in [-0.4, -0.2) is 55.1 Å². The number of pyridine rings is 1. The summed E-state index contributed by atoms with van der Waals surface area (Å²) >= 11 is 8.28. The van der Waals surface area contributed by atoms with Gasteiger partial charge in [-0.05, 0) is 55.3 Å². The summed E-state index contributed by atoms with van der Waals surface area (Å²) in [6.07, 6.45) is 3.99. The molecule has 0 saturated carbocycles. The number of anilines is 2. The maximum absolute atomic E-state index is 12.8. The lowest BCUT2D eigenvalue weighted by Crippen LogP contribution is -2.28. The average molecular weight is 607 g/mol. The molecular weight excluding hydrogens is 589 g/mol. The summed E-state index contributed by atoms with van der Waals surface area (Å²) in [6.45, 7) is 1.66. The number of nitrogens with one attached hydrogen (secondary N) is 1. The fourth-order valence-corrected chi connectivity index (χ4v) is 4.53. The van der Waals surface area contributed by atoms with Crippen LogP contribution in [-0.2, 0) is 0 Å². The fourth-order valence-electron chi connectivity index (χ4n) is 3.45. The second kappa shape index (κ2) is 9.99. The Kier molecular flexibility index (Phi) is 7.26. The largest absolute Gasteiger partial charge is 0.487 e. The Balaban J connectivity index is 1.55. The summed E-state index contributed by atoms with van der Waals surface area (Å²) in [6, 6.07) is 7.60. The van der Waals surface area contributed by atoms with Crippen molar-refractivity contribution >= 4 is 63.4 Å². The fraction of sp³-hybridized carbons (Fsp3) is 0.300. The summed E-state index contributed by atoms with van der Waals surface area (Å²) in [5, 5.41) is 3.39. The molecule has 1 amide bonds. The first-order valence-electron chi connectivity index (χ1n) is 9.77. The van der Waals surface area contributed by atoms with E-state index in [1.54, 1.807) is 6.07 Å². The van der Waals surface area contributed by atoms with E-state index in [9.17, 15) is 13.6 Å². The van der Waals surface area contributed by atoms with Crippen LogP contribution in [0.25, 0.3) is 10.6 Å². The molecule has 1 atom stereocenters. The van der Waals surface area contributed by atoms with Crippen molar-refractivity contribution in [1.82, 2.24) is 17.5 Å². The van der Waals surface area contributed by atoms with E-state index in [1.807, 2.05) is 7.05 Å². The van der Waals surface area contributed by atoms with E-state index in [4.69, 9.17) is 11.6 Å². The van der Waals surface area contributed by atoms with E-state index < -0.39 is 11.5 Å². The van der Waals surface area contributed by atoms with Crippen molar-refractivity contribution in [1.29, 1.82) is 0 Å². The van der Waals surface area contributed by atoms with Crippen LogP contribution in [0.5, 0.6) is 5.75 Å². The number of rotatable bonds is 7. The predicted octanol–water partition coefficient (Wildman–Crippen LogP) is 4.88. The van der Waals surface area contributed by atoms with Gasteiger partial charge in [-0.3, -0.25) is 4.79 Å². The van der Waals surface area contributed by atoms with Gasteiger partial charge in [0.05, 0.1) is 11.1 Å². The molecule has 0 unspecified atom stereocenters. The molecule has 4 rings (SSSR count). The zero-order chi connectivity index (χ0) is 23.6. The van der Waals surface area contributed by atoms with Gasteiger partial charge in [0.1, 0.15) is 22.9 Å². The van der Waals surface area contributed by atoms with Crippen LogP contribution in [0.15, 0.2) is 42.9 Å². The predicted molar refractivity (Wildman–Crippen MR) is 131 cm³/mol. The molecule has 1 saturated heterocycles. The lowest BCUT2D eigenvalue weighted by atomic mass is 10.1. The Bertz CT molecular complexity index is 1110. The van der Waals surface area contributed by atoms with Crippen LogP contribution in [0.2, 0.25) is 0 Å². The van der Waals surface area contributed by atoms with Crippen LogP contribution in [0.4, 0.5) is 20.3 Å². The molecule has 3 heterocycles. The van der Waals surface area contributed by atoms with Crippen molar-refractivity contribution in [2.75, 3.05) is 30.4 Å². The first-order valence-corrected chi connectivity index (χ1v) is 11.9. The van der Waals surface area contributed by atoms with Crippen molar-refractivity contribution in [3.05, 3.63) is 48.4 Å². The summed E-state index contributed by atoms with van der Waals surface area (Å²) in [4.78, 5) is 23.9. The molecule has 174 valence electrons. The number of halogens is 4. The van der Waals surface area contributed by atoms with Gasteiger partial charge in [0, 0.05) is 65.5 Å². The number of benzene rings is 1. The summed E-state index contributed by atoms with van der Waals surface area (Å²) in [5.74, 6) is 0.230. The highest BCUT2D eigenvalue weighted by molar-refractivity contribution is 14.1. The molecule has 0 spiro atoms. The van der Waals surface area contributed by atoms with Crippen LogP contribution in [0.3, 0.4) is 0 Å². The van der Waals surface area contributed by atoms with Crippen molar-refractivity contribution in [3.63, 3.8) is 0 Å². The van der Waals surface area contributed by atoms with Crippen molar-refractivity contribution in [2.45, 2.75) is 18.0 Å². The SMILES string of the molecule is CN(I)[C@@H]1CCN(c2ncc(C(=O)Nc3ccc(OC(F)(F)Cl)cc3)cc2-c2ncns2)C1. The van der Waals surface area contributed by atoms with Gasteiger partial charge in [-0.1, -0.05) is 0 Å². The maximum Gasteiger partial charge on any atom is 0.487 e. The molecule has 1 N–H and O–H groups in total. The lowest BCUT2D eigenvalue weighted by Gasteiger charge is -2.22. The quantitative estimate of drug-likeness (QED) is 0.233. The number of hydrogen-bond acceptors (Lipinski definition) is 8. The van der Waals surface area contributed by atoms with E-state index in [-0.39, 0.29) is 5.75 Å². The summed E-state index contributed by atoms with van der Waals surface area (Å²) < 4.78 is 36.0. The van der Waals surface area contributed by atoms with E-state index in [2.05, 4.69) is 55.3 Å². The van der Waals surface area contributed by atoms with Gasteiger partial charge in [0.2, 0.25) is 0 Å². The molecule has 33 heavy (non-hydrogen) atoms. The van der Waals surface area contributed by atoms with Crippen molar-refractivity contribution in [3.8, 4) is 16.3 Å². The molecule has 1 aromatic carbocycles. The summed E-state index contributed by atoms with van der Waals surface area (Å²) in [7, 11) is 2.04. The molecule has 1 aliphatic heterocycles. The molecule has 13 heteroatoms. The highest BCUT2D eigenvalue weighted by Gasteiger charge is 2.29. The Morgan fingerprint density at radius 1 is 1.36 bits per heavy atom. The topological polar surface area (TPSA) is 83.5 Å². The second-order valence-corrected chi connectivity index (χ2v) is 10.0. The van der Waals surface area contributed by atoms with Crippen molar-refractivity contribution in [2.24, 2.45) is 0 Å². The van der Waals surface area contributed by atoms with Crippen molar-refractivity contribution < 1.29 is 18.3 Å². The Morgan fingerprint density at radius 3 is 2.73 bits per heavy atom. The van der Waals surface area contributed by atoms with Gasteiger partial charge in [-0.25, -0.2) is 13.1 Å². The third kappa shape index (κ3) is 6.05. The van der Waals surface area contributed by atoms with Gasteiger partial charge in [0.25, 0.3) is 5.91 Å². The van der Waals surface area contributed by atoms with E-state index in [0.29, 0.717) is 22.3 Å². The Labute approximate surface area is 211 Å². The highest BCUT2D eigenvalue weighted by Crippen LogP contribution is 2.33. The van der Waals surface area contributed by atoms with Gasteiger partial charge < -0.3 is 15.0 Å². The highest BCUT2D eigenvalue weighted by atomic mass is 127. The molecule has 0 bridgehead atoms. The minimum absolute atomic E-state index is 0.126. The number of amides is 1. The number of ether oxygens (including phenoxy) is 1. The minimum atomic E-state index is -3.80. The monoisotopic (exact) mass is 606 g/mol. The normalized spacial score (nSPS) is 16.3. The van der Waals surface area contributed by atoms with E-state index >= 15 is 0 Å². The lowest BCUT2D eigenvalue weighted by molar-refractivity contribution is -0.0964. The first kappa shape index (κ1) is 24.0. The third-order valence-corrected chi connectivity index (χ3v) is 6.60. The van der Waals surface area contributed by atoms with Gasteiger partial charge in [-0.15, -0.1) is 8.78 Å². The molecule has 0 aliphatic carbocycles. The van der Waals surface area contributed by atoms with Gasteiger partial charge in [-0.2, -0.15) is 4.37 Å². The van der Waals surface area contributed by atoms with Crippen LogP contribution < -0.4 is 15.0 Å². The van der Waals surface area contributed by atoms with Gasteiger partial charge >= 0.3 is 5.57 Å². The number of hydrogen-bond donors (Lipinski definition) is 1. The maximum atomic E-state index is 12.8. The first-order chi connectivity index (χ1) is 15.7. The molecule has 8 nitrogen and oxygen atoms in total. The van der Waals surface area contributed by atoms with Gasteiger partial charge in [0.15, 0.2) is 0 Å². The Hall–Kier alpha value is -2.16. The number of likely N-dealkylation sites (N-methyl/N-ethyl adjacent to an activating group) is 1. The summed E-state index contributed by atoms with van der Waals surface area (Å²) in [5.41, 5.74) is -2.34. The number of alkyl halides is 3. The second-order valence-electron chi connectivity index (χ2n) is 7.28. The molecule has 3 aromatic rings. The smallest absolute Gasteiger partial charge is 0.420 e. The zero-order valence-corrected chi connectivity index (χ0v) is 20.9. The Morgan fingerprint density at radius 2 is 2.12 bits per heavy atom. The number of carbonyl (C=O) groups excluding carboxylic acids is 1. The third-order valence-electron chi connectivity index (χ3n) is 5.03. The van der Waals surface area contributed by atoms with E-state index in [1.165, 1.54) is 48.3 Å². The average Bonchev–Trinajstić information content (AvgIpc) is 3.46. The molecule has 0 radical (unpaired) electrons. The number of nitrogens with zero attached hydrogens (tertiary/aromatic N) is 5. The van der Waals surface area contributed by atoms with Crippen LogP contribution >= 0.6 is 46.0 Å². The van der Waals surface area contributed by atoms with E-state index in [0.717, 1.165) is 30.9 Å². The minimum Gasteiger partial charge on any atom is -0.420 e. The number of carbonyl (C=O) groups is 1.